The molecule has 0 aromatic heterocycles. The van der Waals surface area contributed by atoms with Crippen LogP contribution >= 0.6 is 0 Å². The summed E-state index contributed by atoms with van der Waals surface area (Å²) in [6, 6.07) is 0. The van der Waals surface area contributed by atoms with E-state index in [-0.39, 0.29) is 5.91 Å². The summed E-state index contributed by atoms with van der Waals surface area (Å²) in [5, 5.41) is 2.73. The molecule has 1 aliphatic rings. The minimum Gasteiger partial charge on any atom is -0.330 e. The molecule has 0 radical (unpaired) electrons. The van der Waals surface area contributed by atoms with E-state index in [4.69, 9.17) is 0 Å². The first-order chi connectivity index (χ1) is 3.83. The van der Waals surface area contributed by atoms with Crippen molar-refractivity contribution in [2.45, 2.75) is 19.8 Å². The van der Waals surface area contributed by atoms with Gasteiger partial charge in [-0.15, -0.1) is 0 Å². The predicted molar refractivity (Wildman–Crippen MR) is 31.1 cm³/mol. The molecule has 1 N–H and O–H groups in total. The third kappa shape index (κ3) is 0.886. The first-order valence-electron chi connectivity index (χ1n) is 2.78. The second-order valence-electron chi connectivity index (χ2n) is 1.86. The standard InChI is InChI=1S/C6H9NO/c1-2-5-3-4-6(8)7-5/h2H,3-4H2,1H3,(H,7,8). The summed E-state index contributed by atoms with van der Waals surface area (Å²) in [5.41, 5.74) is 1.06. The van der Waals surface area contributed by atoms with E-state index in [1.807, 2.05) is 13.0 Å². The molecular formula is C6H9NO. The summed E-state index contributed by atoms with van der Waals surface area (Å²) < 4.78 is 0. The first kappa shape index (κ1) is 5.35. The molecule has 1 aliphatic heterocycles. The van der Waals surface area contributed by atoms with Crippen LogP contribution in [0, 0.1) is 0 Å². The Bertz CT molecular complexity index is 137. The Hall–Kier alpha value is -0.790. The zero-order valence-corrected chi connectivity index (χ0v) is 4.90. The zero-order valence-electron chi connectivity index (χ0n) is 4.90. The van der Waals surface area contributed by atoms with Gasteiger partial charge in [0.1, 0.15) is 0 Å². The van der Waals surface area contributed by atoms with Crippen molar-refractivity contribution >= 4 is 5.91 Å². The van der Waals surface area contributed by atoms with Gasteiger partial charge in [-0.2, -0.15) is 0 Å². The Morgan fingerprint density at radius 3 is 2.62 bits per heavy atom. The average Bonchev–Trinajstić information content (AvgIpc) is 2.14. The van der Waals surface area contributed by atoms with E-state index in [2.05, 4.69) is 5.32 Å². The monoisotopic (exact) mass is 111 g/mol. The zero-order chi connectivity index (χ0) is 5.98. The molecule has 1 fully saturated rings. The molecule has 0 aromatic carbocycles. The number of hydrogen-bond donors (Lipinski definition) is 1. The molecule has 1 amide bonds. The first-order valence-corrected chi connectivity index (χ1v) is 2.78. The van der Waals surface area contributed by atoms with Crippen LogP contribution in [0.4, 0.5) is 0 Å². The van der Waals surface area contributed by atoms with Gasteiger partial charge < -0.3 is 5.32 Å². The number of rotatable bonds is 0. The Balaban J connectivity index is 2.56. The molecule has 0 aromatic rings. The molecule has 1 rings (SSSR count). The number of nitrogens with one attached hydrogen (secondary N) is 1. The minimum atomic E-state index is 0.151. The molecule has 8 heavy (non-hydrogen) atoms. The molecule has 1 heterocycles. The maximum atomic E-state index is 10.5. The number of allylic oxidation sites excluding steroid dienone is 2. The third-order valence-corrected chi connectivity index (χ3v) is 1.27. The molecule has 0 spiro atoms. The van der Waals surface area contributed by atoms with Crippen molar-refractivity contribution in [1.29, 1.82) is 0 Å². The molecule has 1 saturated heterocycles. The smallest absolute Gasteiger partial charge is 0.224 e. The van der Waals surface area contributed by atoms with Crippen LogP contribution in [0.3, 0.4) is 0 Å². The average molecular weight is 111 g/mol. The van der Waals surface area contributed by atoms with Gasteiger partial charge in [0, 0.05) is 12.1 Å². The molecule has 2 nitrogen and oxygen atoms in total. The molecule has 0 unspecified atom stereocenters. The summed E-state index contributed by atoms with van der Waals surface area (Å²) in [6.45, 7) is 1.93. The largest absolute Gasteiger partial charge is 0.330 e. The lowest BCUT2D eigenvalue weighted by Gasteiger charge is -1.89. The van der Waals surface area contributed by atoms with E-state index in [1.54, 1.807) is 0 Å². The van der Waals surface area contributed by atoms with Gasteiger partial charge in [-0.25, -0.2) is 0 Å². The summed E-state index contributed by atoms with van der Waals surface area (Å²) in [5.74, 6) is 0.151. The SMILES string of the molecule is CC=C1CCC(=O)N1. The van der Waals surface area contributed by atoms with Crippen LogP contribution in [0.1, 0.15) is 19.8 Å². The van der Waals surface area contributed by atoms with Gasteiger partial charge in [0.05, 0.1) is 0 Å². The highest BCUT2D eigenvalue weighted by molar-refractivity contribution is 5.80. The van der Waals surface area contributed by atoms with Crippen molar-refractivity contribution < 1.29 is 4.79 Å². The van der Waals surface area contributed by atoms with Crippen molar-refractivity contribution in [1.82, 2.24) is 5.32 Å². The molecule has 0 bridgehead atoms. The van der Waals surface area contributed by atoms with Crippen molar-refractivity contribution in [2.24, 2.45) is 0 Å². The topological polar surface area (TPSA) is 29.1 Å². The highest BCUT2D eigenvalue weighted by atomic mass is 16.1. The number of carbonyl (C=O) groups is 1. The molecular weight excluding hydrogens is 102 g/mol. The predicted octanol–water partition coefficient (Wildman–Crippen LogP) is 0.800. The van der Waals surface area contributed by atoms with E-state index in [0.717, 1.165) is 12.1 Å². The van der Waals surface area contributed by atoms with Crippen molar-refractivity contribution in [3.05, 3.63) is 11.8 Å². The quantitative estimate of drug-likeness (QED) is 0.492. The molecule has 0 aliphatic carbocycles. The van der Waals surface area contributed by atoms with E-state index in [0.29, 0.717) is 6.42 Å². The molecule has 2 heteroatoms. The van der Waals surface area contributed by atoms with Crippen LogP contribution in [-0.2, 0) is 4.79 Å². The normalized spacial score (nSPS) is 24.1. The van der Waals surface area contributed by atoms with Crippen LogP contribution in [0.25, 0.3) is 0 Å². The van der Waals surface area contributed by atoms with E-state index >= 15 is 0 Å². The lowest BCUT2D eigenvalue weighted by atomic mass is 10.3. The Kier molecular flexibility index (Phi) is 1.33. The van der Waals surface area contributed by atoms with Gasteiger partial charge in [-0.05, 0) is 13.3 Å². The fourth-order valence-corrected chi connectivity index (χ4v) is 0.769. The van der Waals surface area contributed by atoms with Gasteiger partial charge in [0.15, 0.2) is 0 Å². The fraction of sp³-hybridized carbons (Fsp3) is 0.500. The Morgan fingerprint density at radius 2 is 2.38 bits per heavy atom. The Morgan fingerprint density at radius 1 is 1.62 bits per heavy atom. The van der Waals surface area contributed by atoms with Crippen molar-refractivity contribution in [2.75, 3.05) is 0 Å². The van der Waals surface area contributed by atoms with E-state index in [1.165, 1.54) is 0 Å². The van der Waals surface area contributed by atoms with Gasteiger partial charge in [-0.3, -0.25) is 4.79 Å². The summed E-state index contributed by atoms with van der Waals surface area (Å²) in [4.78, 5) is 10.5. The van der Waals surface area contributed by atoms with Crippen molar-refractivity contribution in [3.8, 4) is 0 Å². The van der Waals surface area contributed by atoms with Gasteiger partial charge >= 0.3 is 0 Å². The van der Waals surface area contributed by atoms with Gasteiger partial charge in [0.2, 0.25) is 5.91 Å². The highest BCUT2D eigenvalue weighted by Crippen LogP contribution is 2.08. The number of hydrogen-bond acceptors (Lipinski definition) is 1. The van der Waals surface area contributed by atoms with Crippen LogP contribution in [0.2, 0.25) is 0 Å². The summed E-state index contributed by atoms with van der Waals surface area (Å²) in [6.07, 6.45) is 3.50. The van der Waals surface area contributed by atoms with Crippen LogP contribution in [-0.4, -0.2) is 5.91 Å². The Labute approximate surface area is 48.6 Å². The number of amides is 1. The van der Waals surface area contributed by atoms with Crippen LogP contribution < -0.4 is 5.32 Å². The molecule has 0 atom stereocenters. The maximum absolute atomic E-state index is 10.5. The fourth-order valence-electron chi connectivity index (χ4n) is 0.769. The second-order valence-corrected chi connectivity index (χ2v) is 1.86. The minimum absolute atomic E-state index is 0.151. The van der Waals surface area contributed by atoms with Gasteiger partial charge in [-0.1, -0.05) is 6.08 Å². The van der Waals surface area contributed by atoms with E-state index < -0.39 is 0 Å². The van der Waals surface area contributed by atoms with Crippen LogP contribution in [0.15, 0.2) is 11.8 Å². The molecule has 0 saturated carbocycles. The highest BCUT2D eigenvalue weighted by Gasteiger charge is 2.11. The summed E-state index contributed by atoms with van der Waals surface area (Å²) in [7, 11) is 0. The summed E-state index contributed by atoms with van der Waals surface area (Å²) >= 11 is 0. The second kappa shape index (κ2) is 1.99. The van der Waals surface area contributed by atoms with Crippen molar-refractivity contribution in [3.63, 3.8) is 0 Å². The third-order valence-electron chi connectivity index (χ3n) is 1.27. The lowest BCUT2D eigenvalue weighted by molar-refractivity contribution is -0.118. The maximum Gasteiger partial charge on any atom is 0.224 e. The van der Waals surface area contributed by atoms with Crippen LogP contribution in [0.5, 0.6) is 0 Å². The van der Waals surface area contributed by atoms with Gasteiger partial charge in [0.25, 0.3) is 0 Å². The van der Waals surface area contributed by atoms with E-state index in [9.17, 15) is 4.79 Å². The lowest BCUT2D eigenvalue weighted by Crippen LogP contribution is -2.11. The number of carbonyl (C=O) groups excluding carboxylic acids is 1. The molecule has 44 valence electrons.